The smallest absolute Gasteiger partial charge is 0.413 e. The second-order valence-corrected chi connectivity index (χ2v) is 9.36. The van der Waals surface area contributed by atoms with Crippen molar-refractivity contribution in [2.75, 3.05) is 18.6 Å². The number of hydrogen-bond acceptors (Lipinski definition) is 6. The largest absolute Gasteiger partial charge is 0.444 e. The van der Waals surface area contributed by atoms with Gasteiger partial charge in [0.05, 0.1) is 11.6 Å². The van der Waals surface area contributed by atoms with Gasteiger partial charge in [0, 0.05) is 30.5 Å². The number of amidine groups is 1. The average Bonchev–Trinajstić information content (AvgIpc) is 2.61. The molecule has 1 fully saturated rings. The van der Waals surface area contributed by atoms with Gasteiger partial charge in [0.2, 0.25) is 0 Å². The van der Waals surface area contributed by atoms with E-state index < -0.39 is 17.2 Å². The number of nitrogen functional groups attached to an aromatic ring is 1. The van der Waals surface area contributed by atoms with Crippen LogP contribution >= 0.6 is 11.8 Å². The predicted octanol–water partition coefficient (Wildman–Crippen LogP) is 4.05. The molecular weight excluding hydrogens is 381 g/mol. The molecule has 1 heterocycles. The zero-order valence-corrected chi connectivity index (χ0v) is 17.6. The molecule has 0 saturated heterocycles. The first-order valence-corrected chi connectivity index (χ1v) is 10.4. The molecule has 1 aromatic carbocycles. The minimum Gasteiger partial charge on any atom is -0.444 e. The highest BCUT2D eigenvalue weighted by molar-refractivity contribution is 8.13. The number of fused-ring (bicyclic) bond motifs is 1. The zero-order chi connectivity index (χ0) is 20.5. The third kappa shape index (κ3) is 4.43. The Morgan fingerprint density at radius 3 is 2.82 bits per heavy atom. The Morgan fingerprint density at radius 2 is 2.14 bits per heavy atom. The number of benzene rings is 1. The molecule has 6 nitrogen and oxygen atoms in total. The number of ether oxygens (including phenoxy) is 2. The molecule has 0 bridgehead atoms. The molecule has 1 aromatic rings. The fourth-order valence-electron chi connectivity index (χ4n) is 3.91. The van der Waals surface area contributed by atoms with Gasteiger partial charge in [-0.1, -0.05) is 11.8 Å². The number of carbonyl (C=O) groups is 1. The molecule has 1 saturated carbocycles. The number of rotatable bonds is 2. The predicted molar refractivity (Wildman–Crippen MR) is 110 cm³/mol. The number of amides is 1. The maximum absolute atomic E-state index is 14.9. The number of thioether (sulfide) groups is 1. The normalized spacial score (nSPS) is 27.5. The Balaban J connectivity index is 2.00. The van der Waals surface area contributed by atoms with Crippen LogP contribution in [0.25, 0.3) is 0 Å². The Hall–Kier alpha value is -1.80. The number of anilines is 1. The van der Waals surface area contributed by atoms with Crippen LogP contribution in [0.3, 0.4) is 0 Å². The van der Waals surface area contributed by atoms with Gasteiger partial charge in [-0.3, -0.25) is 10.3 Å². The highest BCUT2D eigenvalue weighted by Gasteiger charge is 2.49. The summed E-state index contributed by atoms with van der Waals surface area (Å²) in [5.41, 5.74) is 5.47. The standard InChI is InChI=1S/C20H28FN3O3S/c1-19(2,3)27-18(25)23-17-24-20(15-9-13(22)6-8-16(15)21)10-14(26-4)7-5-12(20)11-28-17/h6,8-9,12,14H,5,7,10-11,22H2,1-4H3,(H,23,24,25)/t12?,14-,20+/m1/s1. The molecule has 154 valence electrons. The van der Waals surface area contributed by atoms with E-state index in [1.807, 2.05) is 0 Å². The number of nitrogens with two attached hydrogens (primary N) is 1. The number of hydrogen-bond donors (Lipinski definition) is 2. The van der Waals surface area contributed by atoms with Gasteiger partial charge in [0.25, 0.3) is 0 Å². The van der Waals surface area contributed by atoms with Gasteiger partial charge in [-0.15, -0.1) is 0 Å². The molecule has 0 spiro atoms. The van der Waals surface area contributed by atoms with E-state index in [2.05, 4.69) is 5.32 Å². The second kappa shape index (κ2) is 7.91. The zero-order valence-electron chi connectivity index (χ0n) is 16.8. The summed E-state index contributed by atoms with van der Waals surface area (Å²) in [6.07, 6.45) is 1.70. The van der Waals surface area contributed by atoms with E-state index in [0.717, 1.165) is 18.6 Å². The summed E-state index contributed by atoms with van der Waals surface area (Å²) < 4.78 is 25.8. The van der Waals surface area contributed by atoms with Crippen molar-refractivity contribution in [3.8, 4) is 0 Å². The Bertz CT molecular complexity index is 780. The van der Waals surface area contributed by atoms with Gasteiger partial charge in [-0.25, -0.2) is 9.18 Å². The molecule has 3 N–H and O–H groups in total. The molecule has 8 heteroatoms. The lowest BCUT2D eigenvalue weighted by Crippen LogP contribution is -2.48. The number of nitrogens with zero attached hydrogens (tertiary/aromatic N) is 1. The SMILES string of the molecule is CO[C@@H]1CCC2CSC(NC(=O)OC(C)(C)C)=N[C@@]2(c2cc(N)ccc2F)C1. The topological polar surface area (TPSA) is 85.9 Å². The van der Waals surface area contributed by atoms with E-state index >= 15 is 0 Å². The van der Waals surface area contributed by atoms with Crippen LogP contribution in [0.15, 0.2) is 23.2 Å². The first kappa shape index (κ1) is 20.9. The highest BCUT2D eigenvalue weighted by atomic mass is 32.2. The average molecular weight is 410 g/mol. The fraction of sp³-hybridized carbons (Fsp3) is 0.600. The molecule has 2 aliphatic rings. The molecule has 1 aliphatic carbocycles. The quantitative estimate of drug-likeness (QED) is 0.720. The number of aliphatic imine (C=N–C) groups is 1. The van der Waals surface area contributed by atoms with Crippen LogP contribution in [-0.2, 0) is 15.0 Å². The number of halogens is 1. The van der Waals surface area contributed by atoms with Crippen LogP contribution in [0, 0.1) is 11.7 Å². The van der Waals surface area contributed by atoms with E-state index in [0.29, 0.717) is 22.8 Å². The van der Waals surface area contributed by atoms with Crippen molar-refractivity contribution < 1.29 is 18.7 Å². The number of carbonyl (C=O) groups excluding carboxylic acids is 1. The van der Waals surface area contributed by atoms with E-state index in [1.165, 1.54) is 17.8 Å². The van der Waals surface area contributed by atoms with Gasteiger partial charge in [0.15, 0.2) is 5.17 Å². The summed E-state index contributed by atoms with van der Waals surface area (Å²) in [6.45, 7) is 5.39. The fourth-order valence-corrected chi connectivity index (χ4v) is 5.10. The van der Waals surface area contributed by atoms with Crippen LogP contribution in [0.1, 0.15) is 45.6 Å². The summed E-state index contributed by atoms with van der Waals surface area (Å²) in [6, 6.07) is 4.58. The van der Waals surface area contributed by atoms with Crippen molar-refractivity contribution in [2.24, 2.45) is 10.9 Å². The minimum absolute atomic E-state index is 0.0355. The van der Waals surface area contributed by atoms with Crippen LogP contribution in [0.4, 0.5) is 14.9 Å². The van der Waals surface area contributed by atoms with Gasteiger partial charge in [-0.2, -0.15) is 0 Å². The maximum atomic E-state index is 14.9. The Kier molecular flexibility index (Phi) is 5.91. The molecule has 1 aliphatic heterocycles. The molecule has 3 rings (SSSR count). The van der Waals surface area contributed by atoms with Gasteiger partial charge in [0.1, 0.15) is 11.4 Å². The third-order valence-corrected chi connectivity index (χ3v) is 6.21. The summed E-state index contributed by atoms with van der Waals surface area (Å²) in [4.78, 5) is 17.1. The number of alkyl carbamates (subject to hydrolysis) is 1. The van der Waals surface area contributed by atoms with E-state index in [-0.39, 0.29) is 17.8 Å². The van der Waals surface area contributed by atoms with Gasteiger partial charge < -0.3 is 15.2 Å². The van der Waals surface area contributed by atoms with Crippen molar-refractivity contribution in [1.29, 1.82) is 0 Å². The van der Waals surface area contributed by atoms with Crippen molar-refractivity contribution in [3.63, 3.8) is 0 Å². The Labute approximate surface area is 169 Å². The first-order chi connectivity index (χ1) is 13.1. The van der Waals surface area contributed by atoms with E-state index in [4.69, 9.17) is 20.2 Å². The molecular formula is C20H28FN3O3S. The maximum Gasteiger partial charge on any atom is 0.413 e. The van der Waals surface area contributed by atoms with Crippen LogP contribution in [0.2, 0.25) is 0 Å². The van der Waals surface area contributed by atoms with Crippen LogP contribution in [-0.4, -0.2) is 35.8 Å². The first-order valence-electron chi connectivity index (χ1n) is 9.44. The van der Waals surface area contributed by atoms with Crippen molar-refractivity contribution in [3.05, 3.63) is 29.6 Å². The third-order valence-electron chi connectivity index (χ3n) is 5.17. The summed E-state index contributed by atoms with van der Waals surface area (Å²) >= 11 is 1.46. The summed E-state index contributed by atoms with van der Waals surface area (Å²) in [7, 11) is 1.66. The molecule has 1 amide bonds. The minimum atomic E-state index is -0.825. The Morgan fingerprint density at radius 1 is 1.39 bits per heavy atom. The monoisotopic (exact) mass is 409 g/mol. The summed E-state index contributed by atoms with van der Waals surface area (Å²) in [5.74, 6) is 0.506. The highest BCUT2D eigenvalue weighted by Crippen LogP contribution is 2.50. The van der Waals surface area contributed by atoms with Gasteiger partial charge >= 0.3 is 6.09 Å². The molecule has 1 unspecified atom stereocenters. The lowest BCUT2D eigenvalue weighted by molar-refractivity contribution is 0.0191. The van der Waals surface area contributed by atoms with E-state index in [1.54, 1.807) is 40.0 Å². The van der Waals surface area contributed by atoms with Crippen LogP contribution in [0.5, 0.6) is 0 Å². The van der Waals surface area contributed by atoms with Gasteiger partial charge in [-0.05, 0) is 57.7 Å². The van der Waals surface area contributed by atoms with E-state index in [9.17, 15) is 9.18 Å². The second-order valence-electron chi connectivity index (χ2n) is 8.35. The van der Waals surface area contributed by atoms with Crippen molar-refractivity contribution in [1.82, 2.24) is 5.32 Å². The molecule has 28 heavy (non-hydrogen) atoms. The number of nitrogens with one attached hydrogen (secondary N) is 1. The van der Waals surface area contributed by atoms with Crippen molar-refractivity contribution >= 4 is 28.7 Å². The van der Waals surface area contributed by atoms with Crippen LogP contribution < -0.4 is 11.1 Å². The molecule has 0 aromatic heterocycles. The lowest BCUT2D eigenvalue weighted by Gasteiger charge is -2.46. The molecule has 3 atom stereocenters. The number of methoxy groups -OCH3 is 1. The lowest BCUT2D eigenvalue weighted by atomic mass is 9.68. The molecule has 0 radical (unpaired) electrons. The summed E-state index contributed by atoms with van der Waals surface area (Å²) in [5, 5.41) is 3.16. The van der Waals surface area contributed by atoms with Crippen molar-refractivity contribution in [2.45, 2.75) is 57.3 Å².